The molecule has 6 heteroatoms. The molecule has 0 amide bonds. The number of aromatic amines is 1. The molecule has 31 heavy (non-hydrogen) atoms. The highest BCUT2D eigenvalue weighted by atomic mass is 15.0. The number of nitriles is 1. The van der Waals surface area contributed by atoms with E-state index in [0.717, 1.165) is 51.2 Å². The van der Waals surface area contributed by atoms with Crippen molar-refractivity contribution in [1.29, 1.82) is 5.26 Å². The molecule has 0 saturated carbocycles. The fraction of sp³-hybridized carbons (Fsp3) is 0.160. The van der Waals surface area contributed by atoms with Gasteiger partial charge in [-0.1, -0.05) is 6.07 Å². The van der Waals surface area contributed by atoms with E-state index in [1.54, 1.807) is 12.4 Å². The number of anilines is 2. The lowest BCUT2D eigenvalue weighted by Gasteiger charge is -2.14. The molecular formula is C25H24N6. The van der Waals surface area contributed by atoms with Crippen LogP contribution in [0.15, 0.2) is 55.1 Å². The van der Waals surface area contributed by atoms with E-state index < -0.39 is 0 Å². The summed E-state index contributed by atoms with van der Waals surface area (Å²) in [6.07, 6.45) is 11.0. The zero-order chi connectivity index (χ0) is 21.8. The number of rotatable bonds is 6. The van der Waals surface area contributed by atoms with E-state index >= 15 is 0 Å². The summed E-state index contributed by atoms with van der Waals surface area (Å²) in [4.78, 5) is 14.1. The van der Waals surface area contributed by atoms with E-state index in [2.05, 4.69) is 50.3 Å². The van der Waals surface area contributed by atoms with Crippen LogP contribution in [0.1, 0.15) is 27.9 Å². The van der Waals surface area contributed by atoms with Crippen LogP contribution in [0.4, 0.5) is 11.4 Å². The molecule has 1 aromatic carbocycles. The summed E-state index contributed by atoms with van der Waals surface area (Å²) in [6.45, 7) is 2.92. The van der Waals surface area contributed by atoms with Crippen LogP contribution in [-0.2, 0) is 6.54 Å². The maximum atomic E-state index is 9.64. The number of pyridine rings is 2. The highest BCUT2D eigenvalue weighted by Crippen LogP contribution is 2.31. The van der Waals surface area contributed by atoms with Crippen molar-refractivity contribution in [2.24, 2.45) is 0 Å². The predicted octanol–water partition coefficient (Wildman–Crippen LogP) is 5.11. The van der Waals surface area contributed by atoms with Crippen molar-refractivity contribution in [2.75, 3.05) is 19.4 Å². The lowest BCUT2D eigenvalue weighted by Crippen LogP contribution is -2.10. The predicted molar refractivity (Wildman–Crippen MR) is 126 cm³/mol. The molecule has 154 valence electrons. The number of H-pyrrole nitrogens is 1. The Morgan fingerprint density at radius 1 is 1.10 bits per heavy atom. The smallest absolute Gasteiger partial charge is 0.103 e. The second-order valence-electron chi connectivity index (χ2n) is 7.73. The van der Waals surface area contributed by atoms with Gasteiger partial charge in [-0.3, -0.25) is 9.97 Å². The quantitative estimate of drug-likeness (QED) is 0.463. The first kappa shape index (κ1) is 20.3. The molecule has 0 fully saturated rings. The molecule has 0 atom stereocenters. The van der Waals surface area contributed by atoms with E-state index in [-0.39, 0.29) is 0 Å². The maximum absolute atomic E-state index is 9.64. The van der Waals surface area contributed by atoms with E-state index in [1.165, 1.54) is 0 Å². The van der Waals surface area contributed by atoms with Crippen LogP contribution < -0.4 is 5.32 Å². The van der Waals surface area contributed by atoms with Gasteiger partial charge in [-0.05, 0) is 68.6 Å². The van der Waals surface area contributed by atoms with Gasteiger partial charge in [-0.15, -0.1) is 0 Å². The Morgan fingerprint density at radius 3 is 2.71 bits per heavy atom. The molecule has 0 bridgehead atoms. The van der Waals surface area contributed by atoms with Crippen LogP contribution >= 0.6 is 0 Å². The highest BCUT2D eigenvalue weighted by molar-refractivity contribution is 5.90. The van der Waals surface area contributed by atoms with Gasteiger partial charge in [0.05, 0.1) is 16.9 Å². The first-order valence-corrected chi connectivity index (χ1v) is 10.0. The Kier molecular flexibility index (Phi) is 5.78. The zero-order valence-corrected chi connectivity index (χ0v) is 17.8. The van der Waals surface area contributed by atoms with Crippen molar-refractivity contribution in [3.63, 3.8) is 0 Å². The summed E-state index contributed by atoms with van der Waals surface area (Å²) in [5.74, 6) is 0. The van der Waals surface area contributed by atoms with E-state index in [4.69, 9.17) is 0 Å². The van der Waals surface area contributed by atoms with Gasteiger partial charge < -0.3 is 15.2 Å². The standard InChI is InChI=1S/C25H24N6/c1-17-22-10-11-28-24(22)9-8-23(17)30-25-19(14-27-15-20(25)12-26)5-7-21-6-4-18(13-29-21)16-31(2)3/h4-11,13-15,28H,16H2,1-3H3,(H,27,30). The van der Waals surface area contributed by atoms with Crippen LogP contribution in [-0.4, -0.2) is 33.9 Å². The van der Waals surface area contributed by atoms with Crippen LogP contribution in [0.5, 0.6) is 0 Å². The van der Waals surface area contributed by atoms with E-state index in [0.29, 0.717) is 5.56 Å². The van der Waals surface area contributed by atoms with Gasteiger partial charge in [0.15, 0.2) is 0 Å². The van der Waals surface area contributed by atoms with Crippen molar-refractivity contribution in [3.05, 3.63) is 83.1 Å². The number of hydrogen-bond acceptors (Lipinski definition) is 5. The van der Waals surface area contributed by atoms with E-state index in [9.17, 15) is 5.26 Å². The summed E-state index contributed by atoms with van der Waals surface area (Å²) in [5, 5.41) is 14.2. The SMILES string of the molecule is Cc1c(Nc2c(C#N)cncc2C=Cc2ccc(CN(C)C)cn2)ccc2[nH]ccc12. The normalized spacial score (nSPS) is 11.3. The monoisotopic (exact) mass is 408 g/mol. The third-order valence-electron chi connectivity index (χ3n) is 5.14. The lowest BCUT2D eigenvalue weighted by molar-refractivity contribution is 0.402. The largest absolute Gasteiger partial charge is 0.361 e. The molecule has 0 unspecified atom stereocenters. The summed E-state index contributed by atoms with van der Waals surface area (Å²) in [5.41, 5.74) is 7.21. The average Bonchev–Trinajstić information content (AvgIpc) is 3.25. The van der Waals surface area contributed by atoms with Crippen LogP contribution in [0, 0.1) is 18.3 Å². The van der Waals surface area contributed by atoms with Crippen molar-refractivity contribution in [3.8, 4) is 6.07 Å². The molecule has 0 saturated heterocycles. The summed E-state index contributed by atoms with van der Waals surface area (Å²) in [7, 11) is 4.07. The molecule has 6 nitrogen and oxygen atoms in total. The Bertz CT molecular complexity index is 1280. The van der Waals surface area contributed by atoms with Crippen LogP contribution in [0.2, 0.25) is 0 Å². The minimum atomic E-state index is 0.491. The molecule has 4 aromatic rings. The van der Waals surface area contributed by atoms with Crippen LogP contribution in [0.25, 0.3) is 23.1 Å². The van der Waals surface area contributed by atoms with Gasteiger partial charge in [0.2, 0.25) is 0 Å². The van der Waals surface area contributed by atoms with Gasteiger partial charge in [-0.25, -0.2) is 0 Å². The number of aryl methyl sites for hydroxylation is 1. The Morgan fingerprint density at radius 2 is 1.97 bits per heavy atom. The topological polar surface area (TPSA) is 80.6 Å². The molecule has 3 heterocycles. The second kappa shape index (κ2) is 8.82. The Labute approximate surface area is 181 Å². The van der Waals surface area contributed by atoms with Gasteiger partial charge in [0.25, 0.3) is 0 Å². The van der Waals surface area contributed by atoms with Crippen molar-refractivity contribution in [1.82, 2.24) is 19.9 Å². The summed E-state index contributed by atoms with van der Waals surface area (Å²) in [6, 6.07) is 12.4. The minimum Gasteiger partial charge on any atom is -0.361 e. The number of fused-ring (bicyclic) bond motifs is 1. The van der Waals surface area contributed by atoms with Crippen molar-refractivity contribution in [2.45, 2.75) is 13.5 Å². The van der Waals surface area contributed by atoms with Crippen molar-refractivity contribution >= 4 is 34.4 Å². The number of aromatic nitrogens is 3. The third kappa shape index (κ3) is 4.47. The van der Waals surface area contributed by atoms with Gasteiger partial charge >= 0.3 is 0 Å². The fourth-order valence-corrected chi connectivity index (χ4v) is 3.55. The molecule has 3 aromatic heterocycles. The van der Waals surface area contributed by atoms with Gasteiger partial charge in [0.1, 0.15) is 6.07 Å². The number of benzene rings is 1. The molecular weight excluding hydrogens is 384 g/mol. The summed E-state index contributed by atoms with van der Waals surface area (Å²) >= 11 is 0. The first-order valence-electron chi connectivity index (χ1n) is 10.0. The number of nitrogens with zero attached hydrogens (tertiary/aromatic N) is 4. The molecule has 0 spiro atoms. The van der Waals surface area contributed by atoms with E-state index in [1.807, 2.05) is 56.8 Å². The summed E-state index contributed by atoms with van der Waals surface area (Å²) < 4.78 is 0. The maximum Gasteiger partial charge on any atom is 0.103 e. The molecule has 0 aliphatic rings. The fourth-order valence-electron chi connectivity index (χ4n) is 3.55. The zero-order valence-electron chi connectivity index (χ0n) is 17.8. The van der Waals surface area contributed by atoms with Crippen LogP contribution in [0.3, 0.4) is 0 Å². The molecule has 4 rings (SSSR count). The van der Waals surface area contributed by atoms with Gasteiger partial charge in [-0.2, -0.15) is 5.26 Å². The van der Waals surface area contributed by atoms with Crippen molar-refractivity contribution < 1.29 is 0 Å². The highest BCUT2D eigenvalue weighted by Gasteiger charge is 2.11. The van der Waals surface area contributed by atoms with Gasteiger partial charge in [0, 0.05) is 53.5 Å². The molecule has 0 radical (unpaired) electrons. The number of hydrogen-bond donors (Lipinski definition) is 2. The molecule has 0 aliphatic carbocycles. The second-order valence-corrected chi connectivity index (χ2v) is 7.73. The lowest BCUT2D eigenvalue weighted by atomic mass is 10.1. The third-order valence-corrected chi connectivity index (χ3v) is 5.14. The molecule has 2 N–H and O–H groups in total. The average molecular weight is 409 g/mol. The number of nitrogens with one attached hydrogen (secondary N) is 2. The first-order chi connectivity index (χ1) is 15.0. The Balaban J connectivity index is 1.65. The molecule has 0 aliphatic heterocycles. The minimum absolute atomic E-state index is 0.491. The Hall–Kier alpha value is -3.95.